The third kappa shape index (κ3) is 3.62. The Morgan fingerprint density at radius 3 is 2.47 bits per heavy atom. The van der Waals surface area contributed by atoms with Gasteiger partial charge >= 0.3 is 0 Å². The zero-order chi connectivity index (χ0) is 11.5. The highest BCUT2D eigenvalue weighted by Gasteiger charge is 2.22. The molecule has 0 aromatic rings. The first kappa shape index (κ1) is 12.7. The number of amides is 1. The van der Waals surface area contributed by atoms with Crippen molar-refractivity contribution in [2.75, 3.05) is 38.3 Å². The van der Waals surface area contributed by atoms with Gasteiger partial charge in [0.2, 0.25) is 15.9 Å². The zero-order valence-electron chi connectivity index (χ0n) is 8.65. The van der Waals surface area contributed by atoms with Gasteiger partial charge in [-0.05, 0) is 6.42 Å². The molecule has 1 fully saturated rings. The summed E-state index contributed by atoms with van der Waals surface area (Å²) in [4.78, 5) is 12.9. The van der Waals surface area contributed by atoms with Crippen LogP contribution in [0.4, 0.5) is 0 Å². The number of halogens is 1. The molecule has 88 valence electrons. The second-order valence-corrected chi connectivity index (χ2v) is 5.78. The predicted molar refractivity (Wildman–Crippen MR) is 58.3 cm³/mol. The lowest BCUT2D eigenvalue weighted by molar-refractivity contribution is -0.128. The summed E-state index contributed by atoms with van der Waals surface area (Å²) >= 11 is 5.44. The molecule has 5 nitrogen and oxygen atoms in total. The van der Waals surface area contributed by atoms with E-state index in [-0.39, 0.29) is 11.8 Å². The zero-order valence-corrected chi connectivity index (χ0v) is 10.2. The van der Waals surface area contributed by atoms with E-state index in [1.165, 1.54) is 10.6 Å². The Labute approximate surface area is 95.0 Å². The minimum atomic E-state index is -3.14. The number of carbonyl (C=O) groups is 1. The molecule has 0 aliphatic carbocycles. The Kier molecular flexibility index (Phi) is 4.36. The van der Waals surface area contributed by atoms with Crippen LogP contribution in [0.2, 0.25) is 0 Å². The van der Waals surface area contributed by atoms with Crippen molar-refractivity contribution in [2.24, 2.45) is 0 Å². The van der Waals surface area contributed by atoms with E-state index in [2.05, 4.69) is 0 Å². The fourth-order valence-electron chi connectivity index (χ4n) is 1.56. The van der Waals surface area contributed by atoms with E-state index in [0.717, 1.165) is 0 Å². The topological polar surface area (TPSA) is 57.7 Å². The summed E-state index contributed by atoms with van der Waals surface area (Å²) in [6.07, 6.45) is 1.85. The van der Waals surface area contributed by atoms with E-state index in [9.17, 15) is 13.2 Å². The van der Waals surface area contributed by atoms with Crippen LogP contribution in [0.1, 0.15) is 6.42 Å². The Morgan fingerprint density at radius 1 is 1.27 bits per heavy atom. The van der Waals surface area contributed by atoms with Gasteiger partial charge in [-0.3, -0.25) is 4.79 Å². The van der Waals surface area contributed by atoms with Gasteiger partial charge in [-0.1, -0.05) is 0 Å². The van der Waals surface area contributed by atoms with Crippen molar-refractivity contribution in [2.45, 2.75) is 6.42 Å². The lowest BCUT2D eigenvalue weighted by Crippen LogP contribution is -2.37. The van der Waals surface area contributed by atoms with Crippen molar-refractivity contribution in [3.8, 4) is 0 Å². The molecule has 1 amide bonds. The van der Waals surface area contributed by atoms with Crippen LogP contribution in [-0.2, 0) is 14.8 Å². The maximum atomic E-state index is 11.3. The first-order valence-electron chi connectivity index (χ1n) is 4.74. The van der Waals surface area contributed by atoms with Gasteiger partial charge in [0.1, 0.15) is 5.88 Å². The number of sulfonamides is 1. The van der Waals surface area contributed by atoms with Gasteiger partial charge in [0.05, 0.1) is 6.26 Å². The third-order valence-electron chi connectivity index (χ3n) is 2.39. The lowest BCUT2D eigenvalue weighted by Gasteiger charge is -2.19. The van der Waals surface area contributed by atoms with Crippen molar-refractivity contribution >= 4 is 27.5 Å². The van der Waals surface area contributed by atoms with Gasteiger partial charge < -0.3 is 4.90 Å². The quantitative estimate of drug-likeness (QED) is 0.637. The first-order chi connectivity index (χ1) is 6.95. The number of rotatable bonds is 2. The molecule has 15 heavy (non-hydrogen) atoms. The highest BCUT2D eigenvalue weighted by molar-refractivity contribution is 7.88. The highest BCUT2D eigenvalue weighted by atomic mass is 35.5. The van der Waals surface area contributed by atoms with Crippen molar-refractivity contribution < 1.29 is 13.2 Å². The molecule has 0 bridgehead atoms. The number of hydrogen-bond acceptors (Lipinski definition) is 3. The summed E-state index contributed by atoms with van der Waals surface area (Å²) in [7, 11) is -3.14. The molecule has 7 heteroatoms. The second-order valence-electron chi connectivity index (χ2n) is 3.53. The first-order valence-corrected chi connectivity index (χ1v) is 7.12. The molecule has 0 aromatic carbocycles. The molecule has 0 N–H and O–H groups in total. The molecule has 0 radical (unpaired) electrons. The SMILES string of the molecule is CS(=O)(=O)N1CCCN(C(=O)CCl)CC1. The van der Waals surface area contributed by atoms with Crippen LogP contribution in [-0.4, -0.2) is 61.8 Å². The molecule has 1 heterocycles. The summed E-state index contributed by atoms with van der Waals surface area (Å²) in [6.45, 7) is 1.85. The largest absolute Gasteiger partial charge is 0.340 e. The van der Waals surface area contributed by atoms with Gasteiger partial charge in [0.15, 0.2) is 0 Å². The van der Waals surface area contributed by atoms with E-state index < -0.39 is 10.0 Å². The van der Waals surface area contributed by atoms with Gasteiger partial charge in [0.25, 0.3) is 0 Å². The number of hydrogen-bond donors (Lipinski definition) is 0. The molecule has 0 aromatic heterocycles. The molecular formula is C8H15ClN2O3S. The smallest absolute Gasteiger partial charge is 0.237 e. The van der Waals surface area contributed by atoms with E-state index in [4.69, 9.17) is 11.6 Å². The maximum absolute atomic E-state index is 11.3. The fourth-order valence-corrected chi connectivity index (χ4v) is 2.60. The summed E-state index contributed by atoms with van der Waals surface area (Å²) < 4.78 is 24.0. The third-order valence-corrected chi connectivity index (χ3v) is 3.92. The van der Waals surface area contributed by atoms with E-state index >= 15 is 0 Å². The molecule has 0 atom stereocenters. The van der Waals surface area contributed by atoms with Crippen LogP contribution >= 0.6 is 11.6 Å². The van der Waals surface area contributed by atoms with Gasteiger partial charge in [-0.2, -0.15) is 0 Å². The van der Waals surface area contributed by atoms with Gasteiger partial charge in [-0.15, -0.1) is 11.6 Å². The summed E-state index contributed by atoms with van der Waals surface area (Å²) in [5.74, 6) is -0.175. The van der Waals surface area contributed by atoms with Crippen LogP contribution < -0.4 is 0 Å². The molecule has 0 spiro atoms. The Bertz CT molecular complexity index is 331. The van der Waals surface area contributed by atoms with E-state index in [1.54, 1.807) is 4.90 Å². The molecular weight excluding hydrogens is 240 g/mol. The Morgan fingerprint density at radius 2 is 1.93 bits per heavy atom. The molecule has 0 unspecified atom stereocenters. The Hall–Kier alpha value is -0.330. The average molecular weight is 255 g/mol. The average Bonchev–Trinajstić information content (AvgIpc) is 2.40. The molecule has 1 aliphatic heterocycles. The summed E-state index contributed by atoms with van der Waals surface area (Å²) in [6, 6.07) is 0. The van der Waals surface area contributed by atoms with Gasteiger partial charge in [-0.25, -0.2) is 12.7 Å². The monoisotopic (exact) mass is 254 g/mol. The minimum Gasteiger partial charge on any atom is -0.340 e. The van der Waals surface area contributed by atoms with Crippen LogP contribution in [0, 0.1) is 0 Å². The van der Waals surface area contributed by atoms with E-state index in [0.29, 0.717) is 32.6 Å². The summed E-state index contributed by atoms with van der Waals surface area (Å²) in [5, 5.41) is 0. The van der Waals surface area contributed by atoms with Crippen molar-refractivity contribution in [3.63, 3.8) is 0 Å². The molecule has 1 saturated heterocycles. The number of carbonyl (C=O) groups excluding carboxylic acids is 1. The lowest BCUT2D eigenvalue weighted by atomic mass is 10.4. The van der Waals surface area contributed by atoms with Crippen LogP contribution in [0.5, 0.6) is 0 Å². The second kappa shape index (κ2) is 5.14. The molecule has 1 aliphatic rings. The number of nitrogens with zero attached hydrogens (tertiary/aromatic N) is 2. The van der Waals surface area contributed by atoms with Crippen LogP contribution in [0.15, 0.2) is 0 Å². The summed E-state index contributed by atoms with van der Waals surface area (Å²) in [5.41, 5.74) is 0. The van der Waals surface area contributed by atoms with Crippen molar-refractivity contribution in [1.29, 1.82) is 0 Å². The molecule has 1 rings (SSSR count). The van der Waals surface area contributed by atoms with E-state index in [1.807, 2.05) is 0 Å². The van der Waals surface area contributed by atoms with Crippen LogP contribution in [0.3, 0.4) is 0 Å². The Balaban J connectivity index is 2.60. The van der Waals surface area contributed by atoms with Crippen molar-refractivity contribution in [1.82, 2.24) is 9.21 Å². The standard InChI is InChI=1S/C8H15ClN2O3S/c1-15(13,14)11-4-2-3-10(5-6-11)8(12)7-9/h2-7H2,1H3. The minimum absolute atomic E-state index is 0.0428. The highest BCUT2D eigenvalue weighted by Crippen LogP contribution is 2.07. The number of alkyl halides is 1. The predicted octanol–water partition coefficient (Wildman–Crippen LogP) is -0.281. The van der Waals surface area contributed by atoms with Crippen LogP contribution in [0.25, 0.3) is 0 Å². The van der Waals surface area contributed by atoms with Gasteiger partial charge in [0, 0.05) is 26.2 Å². The molecule has 0 saturated carbocycles. The fraction of sp³-hybridized carbons (Fsp3) is 0.875. The normalized spacial score (nSPS) is 20.0. The maximum Gasteiger partial charge on any atom is 0.237 e. The van der Waals surface area contributed by atoms with Crippen molar-refractivity contribution in [3.05, 3.63) is 0 Å².